The fourth-order valence-corrected chi connectivity index (χ4v) is 3.29. The Morgan fingerprint density at radius 2 is 1.65 bits per heavy atom. The highest BCUT2D eigenvalue weighted by atomic mass is 16.7. The van der Waals surface area contributed by atoms with Gasteiger partial charge in [0, 0.05) is 23.9 Å². The van der Waals surface area contributed by atoms with Gasteiger partial charge in [0.05, 0.1) is 6.04 Å². The third-order valence-electron chi connectivity index (χ3n) is 5.20. The summed E-state index contributed by atoms with van der Waals surface area (Å²) in [5.41, 5.74) is 19.9. The molecule has 0 aliphatic heterocycles. The van der Waals surface area contributed by atoms with Crippen LogP contribution in [-0.4, -0.2) is 71.2 Å². The van der Waals surface area contributed by atoms with E-state index in [1.165, 1.54) is 30.5 Å². The van der Waals surface area contributed by atoms with Gasteiger partial charge >= 0.3 is 12.1 Å². The number of aliphatic imine (C=N–C) groups is 2. The molecule has 0 aliphatic rings. The van der Waals surface area contributed by atoms with Gasteiger partial charge in [-0.3, -0.25) is 9.59 Å². The van der Waals surface area contributed by atoms with Crippen molar-refractivity contribution in [3.63, 3.8) is 0 Å². The van der Waals surface area contributed by atoms with Crippen LogP contribution in [0.25, 0.3) is 0 Å². The number of hydrogen-bond donors (Lipinski definition) is 7. The lowest BCUT2D eigenvalue weighted by Gasteiger charge is -2.24. The lowest BCUT2D eigenvalue weighted by Crippen LogP contribution is -2.52. The number of amidine groups is 1. The standard InChI is InChI=1S/C25H39N11O7/c1-14(2)18(21(38)31-17(13-30-34-23(28)39)7-6-12-29-22(27)35-36(41)42)32-20(37)16-10-8-15(9-11-16)19(26)33-24(40)43-25(3,4)5/h8-11,13-14,17-18H,6-7,12H2,1-5H3,(H,31,38)(H,32,37)(H2,26,33,40)(H3,27,29,35)(H3,28,34,39)/b30-13+. The number of hydrazone groups is 1. The quantitative estimate of drug-likeness (QED) is 0.0523. The molecule has 43 heavy (non-hydrogen) atoms. The van der Waals surface area contributed by atoms with Crippen LogP contribution in [-0.2, 0) is 9.53 Å². The number of rotatable bonds is 13. The molecular weight excluding hydrogens is 566 g/mol. The highest BCUT2D eigenvalue weighted by Crippen LogP contribution is 2.11. The Hall–Kier alpha value is -5.29. The number of guanidine groups is 1. The van der Waals surface area contributed by atoms with Crippen molar-refractivity contribution in [1.82, 2.24) is 21.5 Å². The maximum atomic E-state index is 13.2. The van der Waals surface area contributed by atoms with E-state index in [0.29, 0.717) is 12.0 Å². The molecule has 0 heterocycles. The van der Waals surface area contributed by atoms with Crippen molar-refractivity contribution < 1.29 is 28.9 Å². The minimum absolute atomic E-state index is 0.0868. The number of carbonyl (C=O) groups is 4. The highest BCUT2D eigenvalue weighted by Gasteiger charge is 2.26. The number of urea groups is 1. The van der Waals surface area contributed by atoms with Crippen molar-refractivity contribution in [2.75, 3.05) is 6.54 Å². The van der Waals surface area contributed by atoms with Crippen LogP contribution in [0.2, 0.25) is 0 Å². The van der Waals surface area contributed by atoms with E-state index in [9.17, 15) is 29.3 Å². The van der Waals surface area contributed by atoms with Crippen LogP contribution >= 0.6 is 0 Å². The number of hydrogen-bond acceptors (Lipinski definition) is 9. The third-order valence-corrected chi connectivity index (χ3v) is 5.20. The summed E-state index contributed by atoms with van der Waals surface area (Å²) in [6, 6.07) is 3.30. The number of benzene rings is 1. The van der Waals surface area contributed by atoms with E-state index in [0.717, 1.165) is 0 Å². The van der Waals surface area contributed by atoms with Crippen molar-refractivity contribution >= 4 is 41.9 Å². The molecule has 0 radical (unpaired) electrons. The average molecular weight is 606 g/mol. The molecule has 0 aliphatic carbocycles. The minimum Gasteiger partial charge on any atom is -0.442 e. The SMILES string of the molecule is CC(C)C(NC(=O)c1ccc(/C(N)=N/C(=O)OC(C)(C)C)cc1)C(=O)NC(/C=N/NC(N)=O)CCCN=C(N)N[N+](=O)[O-]. The first-order valence-corrected chi connectivity index (χ1v) is 13.1. The Morgan fingerprint density at radius 3 is 2.19 bits per heavy atom. The van der Waals surface area contributed by atoms with Gasteiger partial charge < -0.3 is 32.6 Å². The Kier molecular flexibility index (Phi) is 14.0. The van der Waals surface area contributed by atoms with Crippen LogP contribution in [0.5, 0.6) is 0 Å². The van der Waals surface area contributed by atoms with E-state index in [2.05, 4.69) is 25.7 Å². The van der Waals surface area contributed by atoms with Gasteiger partial charge in [-0.1, -0.05) is 31.4 Å². The van der Waals surface area contributed by atoms with Crippen molar-refractivity contribution in [2.24, 2.45) is 38.2 Å². The number of nitrogens with two attached hydrogens (primary N) is 3. The first kappa shape index (κ1) is 35.7. The molecule has 1 rings (SSSR count). The van der Waals surface area contributed by atoms with Crippen LogP contribution in [0.3, 0.4) is 0 Å². The monoisotopic (exact) mass is 605 g/mol. The minimum atomic E-state index is -0.969. The number of ether oxygens (including phenoxy) is 1. The number of nitro groups is 1. The second-order valence-corrected chi connectivity index (χ2v) is 10.4. The van der Waals surface area contributed by atoms with Gasteiger partial charge in [0.1, 0.15) is 17.5 Å². The summed E-state index contributed by atoms with van der Waals surface area (Å²) >= 11 is 0. The molecule has 0 aromatic heterocycles. The summed E-state index contributed by atoms with van der Waals surface area (Å²) in [4.78, 5) is 66.9. The van der Waals surface area contributed by atoms with Crippen LogP contribution in [0, 0.1) is 16.0 Å². The maximum absolute atomic E-state index is 13.2. The summed E-state index contributed by atoms with van der Waals surface area (Å²) in [6.45, 7) is 8.64. The van der Waals surface area contributed by atoms with E-state index < -0.39 is 46.7 Å². The second kappa shape index (κ2) is 16.8. The molecule has 5 amide bonds. The first-order valence-electron chi connectivity index (χ1n) is 13.1. The number of nitrogens with one attached hydrogen (secondary N) is 4. The largest absolute Gasteiger partial charge is 0.442 e. The molecule has 18 heteroatoms. The van der Waals surface area contributed by atoms with Crippen LogP contribution in [0.1, 0.15) is 63.4 Å². The van der Waals surface area contributed by atoms with Crippen molar-refractivity contribution in [3.05, 3.63) is 45.5 Å². The molecule has 0 spiro atoms. The predicted octanol–water partition coefficient (Wildman–Crippen LogP) is 0.0965. The van der Waals surface area contributed by atoms with Gasteiger partial charge in [0.2, 0.25) is 5.91 Å². The van der Waals surface area contributed by atoms with Crippen LogP contribution < -0.4 is 38.7 Å². The van der Waals surface area contributed by atoms with Gasteiger partial charge in [-0.05, 0) is 51.7 Å². The van der Waals surface area contributed by atoms with Crippen LogP contribution in [0.4, 0.5) is 9.59 Å². The molecule has 0 fully saturated rings. The summed E-state index contributed by atoms with van der Waals surface area (Å²) in [7, 11) is 0. The number of carbonyl (C=O) groups excluding carboxylic acids is 4. The number of amides is 5. The smallest absolute Gasteiger partial charge is 0.436 e. The summed E-state index contributed by atoms with van der Waals surface area (Å²) in [6.07, 6.45) is 0.956. The van der Waals surface area contributed by atoms with Crippen molar-refractivity contribution in [3.8, 4) is 0 Å². The van der Waals surface area contributed by atoms with Gasteiger partial charge in [-0.15, -0.1) is 0 Å². The lowest BCUT2D eigenvalue weighted by molar-refractivity contribution is -0.525. The number of nitrogens with zero attached hydrogens (tertiary/aromatic N) is 4. The van der Waals surface area contributed by atoms with Crippen LogP contribution in [0.15, 0.2) is 39.4 Å². The van der Waals surface area contributed by atoms with E-state index in [-0.39, 0.29) is 36.2 Å². The Labute approximate surface area is 248 Å². The molecule has 1 aromatic carbocycles. The first-order chi connectivity index (χ1) is 20.0. The van der Waals surface area contributed by atoms with Gasteiger partial charge in [-0.2, -0.15) is 10.1 Å². The predicted molar refractivity (Wildman–Crippen MR) is 158 cm³/mol. The van der Waals surface area contributed by atoms with E-state index in [1.807, 2.05) is 5.43 Å². The topological polar surface area (TPSA) is 284 Å². The van der Waals surface area contributed by atoms with E-state index in [4.69, 9.17) is 21.9 Å². The maximum Gasteiger partial charge on any atom is 0.436 e. The Bertz CT molecular complexity index is 1240. The lowest BCUT2D eigenvalue weighted by atomic mass is 10.0. The Balaban J connectivity index is 2.94. The highest BCUT2D eigenvalue weighted by molar-refractivity contribution is 6.04. The van der Waals surface area contributed by atoms with E-state index in [1.54, 1.807) is 40.0 Å². The summed E-state index contributed by atoms with van der Waals surface area (Å²) in [5.74, 6) is -1.90. The van der Waals surface area contributed by atoms with Crippen molar-refractivity contribution in [1.29, 1.82) is 0 Å². The molecular formula is C25H39N11O7. The molecule has 2 atom stereocenters. The molecule has 1 aromatic rings. The normalized spacial score (nSPS) is 13.6. The van der Waals surface area contributed by atoms with Gasteiger partial charge in [-0.25, -0.2) is 30.1 Å². The summed E-state index contributed by atoms with van der Waals surface area (Å²) < 4.78 is 5.11. The molecule has 10 N–H and O–H groups in total. The molecule has 236 valence electrons. The zero-order valence-electron chi connectivity index (χ0n) is 24.6. The van der Waals surface area contributed by atoms with Crippen molar-refractivity contribution in [2.45, 2.75) is 65.1 Å². The third kappa shape index (κ3) is 14.8. The van der Waals surface area contributed by atoms with E-state index >= 15 is 0 Å². The van der Waals surface area contributed by atoms with Gasteiger partial charge in [0.15, 0.2) is 5.03 Å². The molecule has 0 saturated heterocycles. The molecule has 0 bridgehead atoms. The fourth-order valence-electron chi connectivity index (χ4n) is 3.29. The zero-order valence-corrected chi connectivity index (χ0v) is 24.6. The van der Waals surface area contributed by atoms with Gasteiger partial charge in [0.25, 0.3) is 11.9 Å². The molecule has 0 saturated carbocycles. The molecule has 2 unspecified atom stereocenters. The fraction of sp³-hybridized carbons (Fsp3) is 0.480. The average Bonchev–Trinajstić information content (AvgIpc) is 2.87. The molecule has 18 nitrogen and oxygen atoms in total. The number of primary amides is 1. The summed E-state index contributed by atoms with van der Waals surface area (Å²) in [5, 5.41) is 18.7. The Morgan fingerprint density at radius 1 is 1.05 bits per heavy atom. The zero-order chi connectivity index (χ0) is 32.7. The second-order valence-electron chi connectivity index (χ2n) is 10.4. The number of hydrazine groups is 1.